The van der Waals surface area contributed by atoms with Gasteiger partial charge >= 0.3 is 0 Å². The molecule has 0 fully saturated rings. The summed E-state index contributed by atoms with van der Waals surface area (Å²) < 4.78 is 5.37. The summed E-state index contributed by atoms with van der Waals surface area (Å²) in [4.78, 5) is 21.1. The molecule has 0 spiro atoms. The fourth-order valence-electron chi connectivity index (χ4n) is 1.87. The number of carbonyl (C=O) groups excluding carboxylic acids is 1. The summed E-state index contributed by atoms with van der Waals surface area (Å²) in [5, 5.41) is 9.23. The Balaban J connectivity index is 2.00. The van der Waals surface area contributed by atoms with Crippen LogP contribution in [0.5, 0.6) is 0 Å². The Morgan fingerprint density at radius 1 is 1.37 bits per heavy atom. The molecule has 0 saturated heterocycles. The lowest BCUT2D eigenvalue weighted by molar-refractivity contribution is -0.114. The third kappa shape index (κ3) is 1.87. The van der Waals surface area contributed by atoms with Gasteiger partial charge in [0.1, 0.15) is 17.3 Å². The second-order valence-corrected chi connectivity index (χ2v) is 4.27. The van der Waals surface area contributed by atoms with E-state index < -0.39 is 5.91 Å². The van der Waals surface area contributed by atoms with E-state index >= 15 is 0 Å². The van der Waals surface area contributed by atoms with E-state index in [0.29, 0.717) is 17.4 Å². The van der Waals surface area contributed by atoms with E-state index in [1.54, 1.807) is 25.1 Å². The second kappa shape index (κ2) is 3.94. The maximum Gasteiger partial charge on any atom is 0.283 e. The van der Waals surface area contributed by atoms with Gasteiger partial charge in [-0.15, -0.1) is 5.06 Å². The normalized spacial score (nSPS) is 20.3. The predicted molar refractivity (Wildman–Crippen MR) is 68.3 cm³/mol. The third-order valence-electron chi connectivity index (χ3n) is 2.73. The zero-order chi connectivity index (χ0) is 13.6. The average molecular weight is 257 g/mol. The first-order chi connectivity index (χ1) is 9.04. The van der Waals surface area contributed by atoms with Gasteiger partial charge in [0.2, 0.25) is 0 Å². The molecule has 19 heavy (non-hydrogen) atoms. The van der Waals surface area contributed by atoms with Gasteiger partial charge in [0.25, 0.3) is 5.91 Å². The highest BCUT2D eigenvalue weighted by molar-refractivity contribution is 6.32. The van der Waals surface area contributed by atoms with Crippen molar-refractivity contribution in [3.63, 3.8) is 0 Å². The van der Waals surface area contributed by atoms with Crippen LogP contribution < -0.4 is 0 Å². The van der Waals surface area contributed by atoms with Gasteiger partial charge in [0, 0.05) is 6.08 Å². The monoisotopic (exact) mass is 257 g/mol. The molecule has 6 heteroatoms. The van der Waals surface area contributed by atoms with Crippen LogP contribution in [0.3, 0.4) is 0 Å². The molecule has 0 saturated carbocycles. The molecule has 0 aromatic carbocycles. The van der Waals surface area contributed by atoms with E-state index in [2.05, 4.69) is 4.99 Å². The van der Waals surface area contributed by atoms with Gasteiger partial charge in [0.05, 0.1) is 5.57 Å². The Bertz CT molecular complexity index is 679. The molecule has 3 heterocycles. The number of hydrogen-bond donors (Lipinski definition) is 1. The molecule has 1 amide bonds. The van der Waals surface area contributed by atoms with Crippen LogP contribution >= 0.6 is 0 Å². The van der Waals surface area contributed by atoms with Crippen molar-refractivity contribution in [2.24, 2.45) is 4.99 Å². The molecule has 0 aliphatic carbocycles. The van der Waals surface area contributed by atoms with E-state index in [1.807, 2.05) is 6.92 Å². The van der Waals surface area contributed by atoms with E-state index in [0.717, 1.165) is 5.76 Å². The number of amidine groups is 2. The van der Waals surface area contributed by atoms with Gasteiger partial charge in [-0.1, -0.05) is 0 Å². The van der Waals surface area contributed by atoms with Crippen LogP contribution in [-0.4, -0.2) is 22.6 Å². The van der Waals surface area contributed by atoms with Crippen LogP contribution in [0, 0.1) is 12.3 Å². The molecule has 6 nitrogen and oxygen atoms in total. The van der Waals surface area contributed by atoms with Gasteiger partial charge in [-0.3, -0.25) is 10.2 Å². The first kappa shape index (κ1) is 11.5. The van der Waals surface area contributed by atoms with Gasteiger partial charge in [-0.25, -0.2) is 0 Å². The lowest BCUT2D eigenvalue weighted by Gasteiger charge is -2.22. The summed E-state index contributed by atoms with van der Waals surface area (Å²) >= 11 is 0. The maximum absolute atomic E-state index is 11.9. The Hall–Kier alpha value is -2.63. The number of aliphatic imine (C=N–C) groups is 1. The van der Waals surface area contributed by atoms with Crippen molar-refractivity contribution in [1.29, 1.82) is 5.41 Å². The minimum Gasteiger partial charge on any atom is -0.462 e. The molecule has 3 rings (SSSR count). The quantitative estimate of drug-likeness (QED) is 0.781. The summed E-state index contributed by atoms with van der Waals surface area (Å²) in [6.07, 6.45) is 3.11. The van der Waals surface area contributed by atoms with Crippen molar-refractivity contribution in [3.05, 3.63) is 41.1 Å². The Kier molecular flexibility index (Phi) is 2.38. The van der Waals surface area contributed by atoms with E-state index in [-0.39, 0.29) is 11.4 Å². The minimum atomic E-state index is -0.472. The number of hydrogen-bond acceptors (Lipinski definition) is 4. The number of hydroxylamine groups is 2. The minimum absolute atomic E-state index is 0.0443. The highest BCUT2D eigenvalue weighted by Crippen LogP contribution is 2.23. The number of aryl methyl sites for hydroxylation is 1. The third-order valence-corrected chi connectivity index (χ3v) is 2.73. The Labute approximate surface area is 109 Å². The van der Waals surface area contributed by atoms with Crippen LogP contribution in [0.1, 0.15) is 18.4 Å². The van der Waals surface area contributed by atoms with Gasteiger partial charge in [-0.05, 0) is 32.1 Å². The lowest BCUT2D eigenvalue weighted by Crippen LogP contribution is -2.38. The largest absolute Gasteiger partial charge is 0.462 e. The second-order valence-electron chi connectivity index (χ2n) is 4.27. The molecule has 0 bridgehead atoms. The molecule has 96 valence electrons. The van der Waals surface area contributed by atoms with Crippen molar-refractivity contribution in [3.8, 4) is 0 Å². The van der Waals surface area contributed by atoms with Crippen molar-refractivity contribution >= 4 is 23.7 Å². The topological polar surface area (TPSA) is 78.9 Å². The number of allylic oxidation sites excluding steroid dienone is 1. The fraction of sp³-hybridized carbons (Fsp3) is 0.154. The van der Waals surface area contributed by atoms with Crippen LogP contribution in [0.2, 0.25) is 0 Å². The summed E-state index contributed by atoms with van der Waals surface area (Å²) in [5.74, 6) is 1.65. The number of fused-ring (bicyclic) bond motifs is 1. The van der Waals surface area contributed by atoms with E-state index in [4.69, 9.17) is 14.7 Å². The molecule has 1 aromatic rings. The standard InChI is InChI=1S/C13H11N3O3/c1-7-3-4-9(18-7)6-10-12(14)16-11(15-13(10)17)5-8(2)19-16/h3-6,14H,1-2H3/b10-6-,14-12?. The highest BCUT2D eigenvalue weighted by atomic mass is 16.7. The van der Waals surface area contributed by atoms with Crippen molar-refractivity contribution in [2.75, 3.05) is 0 Å². The summed E-state index contributed by atoms with van der Waals surface area (Å²) in [6.45, 7) is 3.54. The van der Waals surface area contributed by atoms with Crippen molar-refractivity contribution in [2.45, 2.75) is 13.8 Å². The summed E-state index contributed by atoms with van der Waals surface area (Å²) in [5.41, 5.74) is 0.140. The van der Waals surface area contributed by atoms with E-state index in [9.17, 15) is 4.79 Å². The number of furan rings is 1. The molecule has 2 aliphatic rings. The molecule has 0 radical (unpaired) electrons. The smallest absolute Gasteiger partial charge is 0.283 e. The predicted octanol–water partition coefficient (Wildman–Crippen LogP) is 2.04. The van der Waals surface area contributed by atoms with Crippen LogP contribution in [-0.2, 0) is 9.63 Å². The van der Waals surface area contributed by atoms with Gasteiger partial charge < -0.3 is 9.25 Å². The summed E-state index contributed by atoms with van der Waals surface area (Å²) in [6, 6.07) is 3.52. The zero-order valence-electron chi connectivity index (χ0n) is 10.4. The van der Waals surface area contributed by atoms with Crippen LogP contribution in [0.25, 0.3) is 6.08 Å². The fourth-order valence-corrected chi connectivity index (χ4v) is 1.87. The van der Waals surface area contributed by atoms with E-state index in [1.165, 1.54) is 11.1 Å². The van der Waals surface area contributed by atoms with Gasteiger partial charge in [0.15, 0.2) is 11.7 Å². The molecule has 1 N–H and O–H groups in total. The zero-order valence-corrected chi connectivity index (χ0v) is 10.4. The SMILES string of the molecule is CC1=CC2=NC(=O)/C(=C\c3ccc(C)o3)C(=N)N2O1. The number of nitrogens with one attached hydrogen (secondary N) is 1. The number of nitrogens with zero attached hydrogens (tertiary/aromatic N) is 2. The summed E-state index contributed by atoms with van der Waals surface area (Å²) in [7, 11) is 0. The van der Waals surface area contributed by atoms with Crippen molar-refractivity contribution in [1.82, 2.24) is 5.06 Å². The molecule has 0 unspecified atom stereocenters. The van der Waals surface area contributed by atoms with Crippen molar-refractivity contribution < 1.29 is 14.0 Å². The average Bonchev–Trinajstić information content (AvgIpc) is 2.90. The highest BCUT2D eigenvalue weighted by Gasteiger charge is 2.34. The molecular weight excluding hydrogens is 246 g/mol. The van der Waals surface area contributed by atoms with Crippen LogP contribution in [0.15, 0.2) is 39.0 Å². The first-order valence-corrected chi connectivity index (χ1v) is 5.71. The Morgan fingerprint density at radius 3 is 2.84 bits per heavy atom. The van der Waals surface area contributed by atoms with Gasteiger partial charge in [-0.2, -0.15) is 4.99 Å². The lowest BCUT2D eigenvalue weighted by atomic mass is 10.1. The Morgan fingerprint density at radius 2 is 2.16 bits per heavy atom. The molecule has 0 atom stereocenters. The molecular formula is C13H11N3O3. The maximum atomic E-state index is 11.9. The first-order valence-electron chi connectivity index (χ1n) is 5.71. The molecule has 1 aromatic heterocycles. The number of rotatable bonds is 1. The number of amides is 1. The molecule has 2 aliphatic heterocycles. The number of carbonyl (C=O) groups is 1. The van der Waals surface area contributed by atoms with Crippen LogP contribution in [0.4, 0.5) is 0 Å².